The van der Waals surface area contributed by atoms with E-state index in [1.54, 1.807) is 19.1 Å². The number of aromatic nitrogens is 1. The number of pyridine rings is 1. The lowest BCUT2D eigenvalue weighted by molar-refractivity contribution is -0.163. The molecule has 0 aliphatic carbocycles. The van der Waals surface area contributed by atoms with Crippen LogP contribution in [0.5, 0.6) is 0 Å². The van der Waals surface area contributed by atoms with Crippen molar-refractivity contribution in [1.82, 2.24) is 14.8 Å². The highest BCUT2D eigenvalue weighted by Gasteiger charge is 2.71. The zero-order valence-corrected chi connectivity index (χ0v) is 20.0. The van der Waals surface area contributed by atoms with Crippen LogP contribution in [-0.4, -0.2) is 58.7 Å². The fourth-order valence-electron chi connectivity index (χ4n) is 4.52. The molecule has 0 radical (unpaired) electrons. The molecule has 2 aliphatic heterocycles. The number of thioether (sulfide) groups is 2. The molecular formula is C21H24N4O5S2. The van der Waals surface area contributed by atoms with Crippen LogP contribution >= 0.6 is 23.5 Å². The lowest BCUT2D eigenvalue weighted by Crippen LogP contribution is -2.71. The number of aliphatic hydroxyl groups is 1. The molecule has 3 rings (SSSR count). The predicted molar refractivity (Wildman–Crippen MR) is 119 cm³/mol. The first-order chi connectivity index (χ1) is 14.9. The average Bonchev–Trinajstić information content (AvgIpc) is 3.00. The molecule has 4 atom stereocenters. The van der Waals surface area contributed by atoms with Gasteiger partial charge < -0.3 is 14.9 Å². The van der Waals surface area contributed by atoms with Gasteiger partial charge in [0, 0.05) is 33.5 Å². The third kappa shape index (κ3) is 3.50. The summed E-state index contributed by atoms with van der Waals surface area (Å²) < 4.78 is 0. The Bertz CT molecular complexity index is 1040. The van der Waals surface area contributed by atoms with Crippen molar-refractivity contribution in [2.45, 2.75) is 56.5 Å². The maximum atomic E-state index is 14.0. The van der Waals surface area contributed by atoms with Gasteiger partial charge in [-0.3, -0.25) is 24.2 Å². The largest absolute Gasteiger partial charge is 0.390 e. The third-order valence-corrected chi connectivity index (χ3v) is 8.26. The van der Waals surface area contributed by atoms with Crippen molar-refractivity contribution < 1.29 is 24.3 Å². The van der Waals surface area contributed by atoms with Crippen LogP contribution in [0, 0.1) is 16.7 Å². The number of hydrogen-bond acceptors (Lipinski definition) is 9. The summed E-state index contributed by atoms with van der Waals surface area (Å²) in [5, 5.41) is 18.7. The van der Waals surface area contributed by atoms with Crippen molar-refractivity contribution in [3.63, 3.8) is 0 Å². The Morgan fingerprint density at radius 3 is 2.31 bits per heavy atom. The van der Waals surface area contributed by atoms with Crippen molar-refractivity contribution in [2.75, 3.05) is 7.05 Å². The Balaban J connectivity index is 2.29. The average molecular weight is 477 g/mol. The maximum absolute atomic E-state index is 14.0. The first-order valence-electron chi connectivity index (χ1n) is 9.84. The van der Waals surface area contributed by atoms with Gasteiger partial charge in [0.1, 0.15) is 0 Å². The van der Waals surface area contributed by atoms with Crippen LogP contribution in [0.2, 0.25) is 0 Å². The van der Waals surface area contributed by atoms with E-state index in [0.717, 1.165) is 23.5 Å². The summed E-state index contributed by atoms with van der Waals surface area (Å²) in [6.45, 7) is 5.49. The molecule has 1 N–H and O–H groups in total. The van der Waals surface area contributed by atoms with Gasteiger partial charge in [0.05, 0.1) is 29.8 Å². The number of carbonyl (C=O) groups excluding carboxylic acids is 4. The smallest absolute Gasteiger partial charge is 0.261 e. The summed E-state index contributed by atoms with van der Waals surface area (Å²) in [4.78, 5) is 55.5. The minimum Gasteiger partial charge on any atom is -0.390 e. The van der Waals surface area contributed by atoms with Gasteiger partial charge in [-0.25, -0.2) is 0 Å². The van der Waals surface area contributed by atoms with Gasteiger partial charge in [-0.15, -0.1) is 0 Å². The van der Waals surface area contributed by atoms with Crippen LogP contribution in [0.4, 0.5) is 0 Å². The van der Waals surface area contributed by atoms with E-state index >= 15 is 0 Å². The summed E-state index contributed by atoms with van der Waals surface area (Å²) >= 11 is 1.45. The second kappa shape index (κ2) is 8.17. The minimum atomic E-state index is -1.63. The Kier molecular flexibility index (Phi) is 6.19. The molecule has 1 aromatic heterocycles. The van der Waals surface area contributed by atoms with Gasteiger partial charge in [0.25, 0.3) is 11.8 Å². The number of amides is 2. The van der Waals surface area contributed by atoms with Gasteiger partial charge in [-0.2, -0.15) is 5.26 Å². The Hall–Kier alpha value is -2.42. The molecule has 1 aromatic rings. The maximum Gasteiger partial charge on any atom is 0.261 e. The number of carbonyl (C=O) groups is 4. The number of fused-ring (bicyclic) bond motifs is 1. The first kappa shape index (κ1) is 24.2. The first-order valence-corrected chi connectivity index (χ1v) is 11.5. The summed E-state index contributed by atoms with van der Waals surface area (Å²) in [6, 6.07) is 4.60. The molecule has 3 heterocycles. The Labute approximate surface area is 194 Å². The van der Waals surface area contributed by atoms with E-state index < -0.39 is 33.0 Å². The van der Waals surface area contributed by atoms with Gasteiger partial charge in [-0.05, 0) is 37.2 Å². The molecule has 2 saturated heterocycles. The molecule has 9 nitrogen and oxygen atoms in total. The van der Waals surface area contributed by atoms with E-state index in [4.69, 9.17) is 0 Å². The van der Waals surface area contributed by atoms with Crippen molar-refractivity contribution in [2.24, 2.45) is 5.41 Å². The summed E-state index contributed by atoms with van der Waals surface area (Å²) in [5.41, 5.74) is -0.311. The molecule has 32 heavy (non-hydrogen) atoms. The molecule has 0 unspecified atom stereocenters. The van der Waals surface area contributed by atoms with Crippen molar-refractivity contribution >= 4 is 45.6 Å². The molecule has 170 valence electrons. The molecule has 11 heteroatoms. The van der Waals surface area contributed by atoms with Gasteiger partial charge in [0.15, 0.2) is 20.0 Å². The number of aliphatic hydroxyl groups excluding tert-OH is 1. The second-order valence-electron chi connectivity index (χ2n) is 8.34. The zero-order valence-electron chi connectivity index (χ0n) is 18.4. The summed E-state index contributed by atoms with van der Waals surface area (Å²) in [6.07, 6.45) is 1.40. The topological polar surface area (TPSA) is 132 Å². The number of hydrogen-bond donors (Lipinski definition) is 1. The van der Waals surface area contributed by atoms with Crippen LogP contribution in [0.15, 0.2) is 18.3 Å². The van der Waals surface area contributed by atoms with E-state index in [2.05, 4.69) is 11.1 Å². The predicted octanol–water partition coefficient (Wildman–Crippen LogP) is 1.82. The molecule has 2 amide bonds. The number of likely N-dealkylation sites (N-methyl/N-ethyl adjacent to an activating group) is 1. The normalized spacial score (nSPS) is 32.0. The molecule has 2 fully saturated rings. The fourth-order valence-corrected chi connectivity index (χ4v) is 6.85. The summed E-state index contributed by atoms with van der Waals surface area (Å²) in [7, 11) is 1.44. The monoisotopic (exact) mass is 476 g/mol. The Morgan fingerprint density at radius 2 is 1.84 bits per heavy atom. The van der Waals surface area contributed by atoms with Crippen molar-refractivity contribution in [1.29, 1.82) is 5.26 Å². The fraction of sp³-hybridized carbons (Fsp3) is 0.524. The number of piperazine rings is 1. The number of nitriles is 1. The van der Waals surface area contributed by atoms with Gasteiger partial charge >= 0.3 is 0 Å². The molecule has 0 aromatic carbocycles. The molecule has 0 saturated carbocycles. The van der Waals surface area contributed by atoms with E-state index in [-0.39, 0.29) is 23.3 Å². The molecule has 2 aliphatic rings. The second-order valence-corrected chi connectivity index (χ2v) is 11.4. The van der Waals surface area contributed by atoms with Crippen LogP contribution in [0.3, 0.4) is 0 Å². The third-order valence-electron chi connectivity index (χ3n) is 5.99. The number of rotatable bonds is 4. The molecule has 0 spiro atoms. The zero-order chi connectivity index (χ0) is 24.1. The lowest BCUT2D eigenvalue weighted by Gasteiger charge is -2.52. The standard InChI is InChI=1S/C21H24N4O5S2/c1-12(27)31-20(4)17(29)25-16(14-6-7-15(9-26)23-8-14)19(3,11-22)10-21(25,32-13(2)28)18(30)24(20)5/h6-8,16,26H,9-10H2,1-5H3/t16-,19+,20-,21-/m0/s1. The van der Waals surface area contributed by atoms with Crippen LogP contribution in [0.25, 0.3) is 0 Å². The highest BCUT2D eigenvalue weighted by Crippen LogP contribution is 2.62. The van der Waals surface area contributed by atoms with E-state index in [9.17, 15) is 29.5 Å². The van der Waals surface area contributed by atoms with Gasteiger partial charge in [-0.1, -0.05) is 17.8 Å². The van der Waals surface area contributed by atoms with Crippen LogP contribution in [0.1, 0.15) is 51.4 Å². The van der Waals surface area contributed by atoms with E-state index in [0.29, 0.717) is 11.3 Å². The molecule has 0 bridgehead atoms. The quantitative estimate of drug-likeness (QED) is 0.691. The lowest BCUT2D eigenvalue weighted by atomic mass is 9.80. The molecular weight excluding hydrogens is 452 g/mol. The highest BCUT2D eigenvalue weighted by molar-refractivity contribution is 8.16. The van der Waals surface area contributed by atoms with Crippen molar-refractivity contribution in [3.8, 4) is 6.07 Å². The SMILES string of the molecule is CC(=O)S[C@@]1(C)C(=O)N2[C@@H](c3ccc(CO)nc3)[C@@](C)(C#N)C[C@]2(SC(C)=O)C(=O)N1C. The number of nitrogens with zero attached hydrogens (tertiary/aromatic N) is 4. The van der Waals surface area contributed by atoms with Gasteiger partial charge in [0.2, 0.25) is 0 Å². The van der Waals surface area contributed by atoms with E-state index in [1.807, 2.05) is 0 Å². The highest BCUT2D eigenvalue weighted by atomic mass is 32.2. The van der Waals surface area contributed by atoms with Crippen LogP contribution < -0.4 is 0 Å². The van der Waals surface area contributed by atoms with E-state index in [1.165, 1.54) is 43.8 Å². The summed E-state index contributed by atoms with van der Waals surface area (Å²) in [5.74, 6) is -1.05. The van der Waals surface area contributed by atoms with Crippen molar-refractivity contribution in [3.05, 3.63) is 29.6 Å². The minimum absolute atomic E-state index is 0.0666. The van der Waals surface area contributed by atoms with Crippen LogP contribution in [-0.2, 0) is 25.8 Å². The Morgan fingerprint density at radius 1 is 1.22 bits per heavy atom.